The summed E-state index contributed by atoms with van der Waals surface area (Å²) in [6.07, 6.45) is 2.14. The Kier molecular flexibility index (Phi) is 8.13. The molecule has 7 heteroatoms. The first-order valence-electron chi connectivity index (χ1n) is 6.84. The Morgan fingerprint density at radius 1 is 1.38 bits per heavy atom. The number of ether oxygens (including phenoxy) is 2. The van der Waals surface area contributed by atoms with Gasteiger partial charge in [-0.3, -0.25) is 4.79 Å². The summed E-state index contributed by atoms with van der Waals surface area (Å²) >= 11 is 0. The van der Waals surface area contributed by atoms with Crippen molar-refractivity contribution in [1.29, 1.82) is 0 Å². The molecule has 124 valence electrons. The molecule has 0 aromatic rings. The minimum absolute atomic E-state index is 0.191. The lowest BCUT2D eigenvalue weighted by Gasteiger charge is -2.28. The van der Waals surface area contributed by atoms with Crippen LogP contribution >= 0.6 is 0 Å². The van der Waals surface area contributed by atoms with Crippen LogP contribution in [0.2, 0.25) is 0 Å². The van der Waals surface area contributed by atoms with E-state index < -0.39 is 27.3 Å². The Morgan fingerprint density at radius 2 is 1.95 bits per heavy atom. The summed E-state index contributed by atoms with van der Waals surface area (Å²) < 4.78 is 36.0. The van der Waals surface area contributed by atoms with Crippen LogP contribution in [0.1, 0.15) is 34.1 Å². The molecule has 6 nitrogen and oxygen atoms in total. The molecular weight excluding hydrogens is 294 g/mol. The number of hydrogen-bond acceptors (Lipinski definition) is 5. The van der Waals surface area contributed by atoms with Crippen LogP contribution < -0.4 is 0 Å². The smallest absolute Gasteiger partial charge is 0.323 e. The minimum atomic E-state index is -3.76. The molecular formula is C14H27NO5S. The second-order valence-corrected chi connectivity index (χ2v) is 7.74. The van der Waals surface area contributed by atoms with Gasteiger partial charge in [0.1, 0.15) is 5.60 Å². The molecule has 0 bridgehead atoms. The summed E-state index contributed by atoms with van der Waals surface area (Å²) in [5, 5.41) is 0. The van der Waals surface area contributed by atoms with Crippen LogP contribution in [-0.2, 0) is 24.3 Å². The van der Waals surface area contributed by atoms with Crippen molar-refractivity contribution in [2.45, 2.75) is 45.8 Å². The number of carbonyl (C=O) groups excluding carboxylic acids is 1. The van der Waals surface area contributed by atoms with Crippen molar-refractivity contribution in [2.24, 2.45) is 0 Å². The Morgan fingerprint density at radius 3 is 2.38 bits per heavy atom. The van der Waals surface area contributed by atoms with E-state index in [-0.39, 0.29) is 19.2 Å². The number of nitrogens with zero attached hydrogens (tertiary/aromatic N) is 1. The van der Waals surface area contributed by atoms with E-state index in [4.69, 9.17) is 9.47 Å². The fraction of sp³-hybridized carbons (Fsp3) is 0.786. The molecule has 0 aliphatic carbocycles. The molecule has 0 unspecified atom stereocenters. The lowest BCUT2D eigenvalue weighted by molar-refractivity contribution is -0.151. The molecule has 0 saturated carbocycles. The summed E-state index contributed by atoms with van der Waals surface area (Å²) in [4.78, 5) is 11.8. The molecule has 0 aliphatic heterocycles. The summed E-state index contributed by atoms with van der Waals surface area (Å²) in [5.74, 6) is -1.43. The quantitative estimate of drug-likeness (QED) is 0.476. The Labute approximate surface area is 128 Å². The molecule has 0 radical (unpaired) electrons. The van der Waals surface area contributed by atoms with E-state index in [0.717, 1.165) is 0 Å². The van der Waals surface area contributed by atoms with Crippen molar-refractivity contribution in [2.75, 3.05) is 26.0 Å². The zero-order chi connectivity index (χ0) is 16.7. The lowest BCUT2D eigenvalue weighted by Crippen LogP contribution is -2.44. The fourth-order valence-electron chi connectivity index (χ4n) is 1.78. The third-order valence-electron chi connectivity index (χ3n) is 2.59. The zero-order valence-corrected chi connectivity index (χ0v) is 14.4. The van der Waals surface area contributed by atoms with E-state index in [0.29, 0.717) is 6.42 Å². The van der Waals surface area contributed by atoms with E-state index in [2.05, 4.69) is 6.58 Å². The van der Waals surface area contributed by atoms with Crippen LogP contribution in [0.5, 0.6) is 0 Å². The second-order valence-electron chi connectivity index (χ2n) is 5.82. The van der Waals surface area contributed by atoms with Crippen LogP contribution in [0.4, 0.5) is 0 Å². The summed E-state index contributed by atoms with van der Waals surface area (Å²) in [6.45, 7) is 10.9. The van der Waals surface area contributed by atoms with Gasteiger partial charge in [-0.15, -0.1) is 6.58 Å². The molecule has 0 N–H and O–H groups in total. The van der Waals surface area contributed by atoms with E-state index >= 15 is 0 Å². The topological polar surface area (TPSA) is 72.9 Å². The monoisotopic (exact) mass is 321 g/mol. The number of sulfonamides is 1. The van der Waals surface area contributed by atoms with Gasteiger partial charge in [-0.05, 0) is 34.1 Å². The van der Waals surface area contributed by atoms with Gasteiger partial charge < -0.3 is 9.47 Å². The highest BCUT2D eigenvalue weighted by atomic mass is 32.2. The first-order valence-corrected chi connectivity index (χ1v) is 8.45. The average Bonchev–Trinajstić information content (AvgIpc) is 2.25. The minimum Gasteiger partial charge on any atom is -0.459 e. The van der Waals surface area contributed by atoms with Gasteiger partial charge in [0, 0.05) is 19.7 Å². The van der Waals surface area contributed by atoms with Gasteiger partial charge in [-0.2, -0.15) is 4.31 Å². The lowest BCUT2D eigenvalue weighted by atomic mass is 10.2. The molecule has 0 heterocycles. The van der Waals surface area contributed by atoms with E-state index in [1.165, 1.54) is 11.4 Å². The van der Waals surface area contributed by atoms with Crippen molar-refractivity contribution in [3.8, 4) is 0 Å². The first-order chi connectivity index (χ1) is 9.53. The molecule has 0 fully saturated rings. The Hall–Kier alpha value is -0.920. The Balaban J connectivity index is 5.00. The van der Waals surface area contributed by atoms with Crippen LogP contribution in [0, 0.1) is 0 Å². The predicted molar refractivity (Wildman–Crippen MR) is 82.5 cm³/mol. The molecule has 0 aromatic carbocycles. The van der Waals surface area contributed by atoms with Gasteiger partial charge in [0.2, 0.25) is 10.0 Å². The molecule has 21 heavy (non-hydrogen) atoms. The molecule has 0 amide bonds. The number of hydrogen-bond donors (Lipinski definition) is 0. The summed E-state index contributed by atoms with van der Waals surface area (Å²) in [7, 11) is -2.26. The van der Waals surface area contributed by atoms with Crippen LogP contribution in [0.15, 0.2) is 12.7 Å². The highest BCUT2D eigenvalue weighted by Gasteiger charge is 2.30. The fourth-order valence-corrected chi connectivity index (χ4v) is 3.29. The molecule has 0 aliphatic rings. The number of rotatable bonds is 9. The maximum absolute atomic E-state index is 12.4. The Bertz CT molecular complexity index is 439. The van der Waals surface area contributed by atoms with E-state index in [1.54, 1.807) is 33.8 Å². The third-order valence-corrected chi connectivity index (χ3v) is 4.45. The van der Waals surface area contributed by atoms with E-state index in [1.807, 2.05) is 0 Å². The molecule has 0 spiro atoms. The molecule has 1 atom stereocenters. The highest BCUT2D eigenvalue weighted by molar-refractivity contribution is 7.89. The average molecular weight is 321 g/mol. The second kappa shape index (κ2) is 8.51. The predicted octanol–water partition coefficient (Wildman–Crippen LogP) is 1.57. The molecule has 0 saturated heterocycles. The van der Waals surface area contributed by atoms with E-state index in [9.17, 15) is 13.2 Å². The summed E-state index contributed by atoms with van der Waals surface area (Å²) in [6, 6.07) is -0.287. The first kappa shape index (κ1) is 20.1. The van der Waals surface area contributed by atoms with Crippen molar-refractivity contribution >= 4 is 16.0 Å². The maximum atomic E-state index is 12.4. The van der Waals surface area contributed by atoms with Crippen LogP contribution in [-0.4, -0.2) is 56.3 Å². The summed E-state index contributed by atoms with van der Waals surface area (Å²) in [5.41, 5.74) is -0.712. The maximum Gasteiger partial charge on any atom is 0.323 e. The van der Waals surface area contributed by atoms with Crippen molar-refractivity contribution in [3.63, 3.8) is 0 Å². The van der Waals surface area contributed by atoms with Gasteiger partial charge in [0.15, 0.2) is 5.75 Å². The van der Waals surface area contributed by atoms with Gasteiger partial charge in [-0.1, -0.05) is 6.08 Å². The van der Waals surface area contributed by atoms with Gasteiger partial charge in [0.25, 0.3) is 0 Å². The van der Waals surface area contributed by atoms with Crippen LogP contribution in [0.25, 0.3) is 0 Å². The van der Waals surface area contributed by atoms with Crippen molar-refractivity contribution in [3.05, 3.63) is 12.7 Å². The highest BCUT2D eigenvalue weighted by Crippen LogP contribution is 2.14. The van der Waals surface area contributed by atoms with Crippen LogP contribution in [0.3, 0.4) is 0 Å². The van der Waals surface area contributed by atoms with Gasteiger partial charge in [-0.25, -0.2) is 8.42 Å². The molecule has 0 aromatic heterocycles. The molecule has 0 rings (SSSR count). The standard InChI is InChI=1S/C14H27NO5S/c1-7-8-12(2)15(9-10-19-6)21(17,18)11-13(16)20-14(3,4)5/h7,12H,1,8-11H2,2-6H3/t12-/m0/s1. The largest absolute Gasteiger partial charge is 0.459 e. The number of esters is 1. The zero-order valence-electron chi connectivity index (χ0n) is 13.6. The van der Waals surface area contributed by atoms with Gasteiger partial charge in [0.05, 0.1) is 6.61 Å². The van der Waals surface area contributed by atoms with Crippen molar-refractivity contribution < 1.29 is 22.7 Å². The normalized spacial score (nSPS) is 14.0. The van der Waals surface area contributed by atoms with Crippen molar-refractivity contribution in [1.82, 2.24) is 4.31 Å². The van der Waals surface area contributed by atoms with Gasteiger partial charge >= 0.3 is 5.97 Å². The SMILES string of the molecule is C=CC[C@H](C)N(CCOC)S(=O)(=O)CC(=O)OC(C)(C)C. The third kappa shape index (κ3) is 8.18. The number of methoxy groups -OCH3 is 1. The number of carbonyl (C=O) groups is 1.